The van der Waals surface area contributed by atoms with Gasteiger partial charge in [0.25, 0.3) is 0 Å². The van der Waals surface area contributed by atoms with Crippen molar-refractivity contribution in [2.75, 3.05) is 20.1 Å². The van der Waals surface area contributed by atoms with Gasteiger partial charge >= 0.3 is 0 Å². The summed E-state index contributed by atoms with van der Waals surface area (Å²) >= 11 is 0. The van der Waals surface area contributed by atoms with E-state index in [1.54, 1.807) is 18.9 Å². The molecule has 0 saturated carbocycles. The van der Waals surface area contributed by atoms with Crippen LogP contribution in [0.4, 0.5) is 0 Å². The molecule has 3 heteroatoms. The Morgan fingerprint density at radius 1 is 1.78 bits per heavy atom. The minimum atomic E-state index is -0.352. The van der Waals surface area contributed by atoms with Crippen LogP contribution in [-0.2, 0) is 4.79 Å². The van der Waals surface area contributed by atoms with Crippen molar-refractivity contribution in [3.8, 4) is 0 Å². The summed E-state index contributed by atoms with van der Waals surface area (Å²) in [5, 5.41) is 8.79. The van der Waals surface area contributed by atoms with Gasteiger partial charge in [0.15, 0.2) is 0 Å². The summed E-state index contributed by atoms with van der Waals surface area (Å²) in [5.74, 6) is 0. The Kier molecular flexibility index (Phi) is 4.26. The summed E-state index contributed by atoms with van der Waals surface area (Å²) in [4.78, 5) is 11.6. The monoisotopic (exact) mass is 131 g/mol. The van der Waals surface area contributed by atoms with Gasteiger partial charge in [-0.15, -0.1) is 0 Å². The lowest BCUT2D eigenvalue weighted by Crippen LogP contribution is -2.28. The smallest absolute Gasteiger partial charge is 0.133 e. The van der Waals surface area contributed by atoms with Crippen LogP contribution >= 0.6 is 0 Å². The molecular weight excluding hydrogens is 118 g/mol. The standard InChI is InChI=1S/C6H13NO2/c1-6(9)5-7(2)3-4-8/h4,6,9H,3,5H2,1-2H3. The summed E-state index contributed by atoms with van der Waals surface area (Å²) in [6, 6.07) is 0. The third-order valence-corrected chi connectivity index (χ3v) is 0.962. The molecule has 0 aromatic rings. The third kappa shape index (κ3) is 5.46. The molecule has 0 fully saturated rings. The summed E-state index contributed by atoms with van der Waals surface area (Å²) in [6.07, 6.45) is 0.470. The number of hydrogen-bond acceptors (Lipinski definition) is 3. The second-order valence-electron chi connectivity index (χ2n) is 2.24. The van der Waals surface area contributed by atoms with Crippen molar-refractivity contribution >= 4 is 6.29 Å². The molecule has 1 unspecified atom stereocenters. The van der Waals surface area contributed by atoms with Crippen molar-refractivity contribution < 1.29 is 9.90 Å². The number of aliphatic hydroxyl groups is 1. The summed E-state index contributed by atoms with van der Waals surface area (Å²) < 4.78 is 0. The molecule has 0 spiro atoms. The van der Waals surface area contributed by atoms with Gasteiger partial charge in [-0.1, -0.05) is 0 Å². The molecule has 0 aliphatic rings. The number of aliphatic hydroxyl groups excluding tert-OH is 1. The van der Waals surface area contributed by atoms with Crippen molar-refractivity contribution in [3.05, 3.63) is 0 Å². The van der Waals surface area contributed by atoms with Crippen molar-refractivity contribution in [1.82, 2.24) is 4.90 Å². The first kappa shape index (κ1) is 8.59. The SMILES string of the molecule is CC(O)CN(C)CC=O. The summed E-state index contributed by atoms with van der Waals surface area (Å²) in [6.45, 7) is 2.64. The van der Waals surface area contributed by atoms with Gasteiger partial charge in [-0.2, -0.15) is 0 Å². The highest BCUT2D eigenvalue weighted by Gasteiger charge is 1.99. The number of carbonyl (C=O) groups is 1. The Bertz CT molecular complexity index is 83.1. The van der Waals surface area contributed by atoms with E-state index in [9.17, 15) is 4.79 Å². The summed E-state index contributed by atoms with van der Waals surface area (Å²) in [5.41, 5.74) is 0. The molecule has 0 heterocycles. The second-order valence-corrected chi connectivity index (χ2v) is 2.24. The first-order chi connectivity index (χ1) is 4.16. The quantitative estimate of drug-likeness (QED) is 0.523. The third-order valence-electron chi connectivity index (χ3n) is 0.962. The number of nitrogens with zero attached hydrogens (tertiary/aromatic N) is 1. The maximum Gasteiger partial charge on any atom is 0.133 e. The van der Waals surface area contributed by atoms with Gasteiger partial charge in [-0.05, 0) is 14.0 Å². The minimum Gasteiger partial charge on any atom is -0.392 e. The summed E-state index contributed by atoms with van der Waals surface area (Å²) in [7, 11) is 1.79. The van der Waals surface area contributed by atoms with Gasteiger partial charge in [-0.3, -0.25) is 4.90 Å². The highest BCUT2D eigenvalue weighted by Crippen LogP contribution is 1.84. The van der Waals surface area contributed by atoms with Gasteiger partial charge in [-0.25, -0.2) is 0 Å². The molecule has 3 nitrogen and oxygen atoms in total. The van der Waals surface area contributed by atoms with E-state index in [0.717, 1.165) is 6.29 Å². The fourth-order valence-electron chi connectivity index (χ4n) is 0.653. The first-order valence-electron chi connectivity index (χ1n) is 2.97. The van der Waals surface area contributed by atoms with E-state index in [0.29, 0.717) is 13.1 Å². The van der Waals surface area contributed by atoms with E-state index in [1.807, 2.05) is 0 Å². The normalized spacial score (nSPS) is 13.8. The molecule has 0 radical (unpaired) electrons. The van der Waals surface area contributed by atoms with Crippen LogP contribution < -0.4 is 0 Å². The predicted molar refractivity (Wildman–Crippen MR) is 35.2 cm³/mol. The lowest BCUT2D eigenvalue weighted by atomic mass is 10.4. The molecule has 0 aliphatic heterocycles. The number of likely N-dealkylation sites (N-methyl/N-ethyl adjacent to an activating group) is 1. The zero-order valence-electron chi connectivity index (χ0n) is 5.87. The Morgan fingerprint density at radius 2 is 2.33 bits per heavy atom. The van der Waals surface area contributed by atoms with E-state index in [1.165, 1.54) is 0 Å². The molecule has 9 heavy (non-hydrogen) atoms. The number of rotatable bonds is 4. The maximum absolute atomic E-state index is 9.87. The molecule has 54 valence electrons. The molecular formula is C6H13NO2. The minimum absolute atomic E-state index is 0.352. The van der Waals surface area contributed by atoms with Crippen molar-refractivity contribution in [3.63, 3.8) is 0 Å². The fraction of sp³-hybridized carbons (Fsp3) is 0.833. The number of carbonyl (C=O) groups excluding carboxylic acids is 1. The lowest BCUT2D eigenvalue weighted by molar-refractivity contribution is -0.108. The van der Waals surface area contributed by atoms with Crippen molar-refractivity contribution in [1.29, 1.82) is 0 Å². The first-order valence-corrected chi connectivity index (χ1v) is 2.97. The molecule has 0 rings (SSSR count). The molecule has 1 atom stereocenters. The van der Waals surface area contributed by atoms with Crippen LogP contribution in [0.2, 0.25) is 0 Å². The van der Waals surface area contributed by atoms with Crippen LogP contribution in [0.15, 0.2) is 0 Å². The van der Waals surface area contributed by atoms with Crippen LogP contribution in [-0.4, -0.2) is 42.5 Å². The Balaban J connectivity index is 3.25. The number of hydrogen-bond donors (Lipinski definition) is 1. The topological polar surface area (TPSA) is 40.5 Å². The largest absolute Gasteiger partial charge is 0.392 e. The molecule has 0 bridgehead atoms. The highest BCUT2D eigenvalue weighted by molar-refractivity contribution is 5.51. The average Bonchev–Trinajstić information content (AvgIpc) is 1.63. The van der Waals surface area contributed by atoms with Crippen LogP contribution in [0.5, 0.6) is 0 Å². The lowest BCUT2D eigenvalue weighted by Gasteiger charge is -2.13. The van der Waals surface area contributed by atoms with Gasteiger partial charge in [0.2, 0.25) is 0 Å². The van der Waals surface area contributed by atoms with Gasteiger partial charge in [0, 0.05) is 6.54 Å². The zero-order chi connectivity index (χ0) is 7.28. The Hall–Kier alpha value is -0.410. The van der Waals surface area contributed by atoms with Gasteiger partial charge in [0.05, 0.1) is 12.6 Å². The predicted octanol–water partition coefficient (Wildman–Crippen LogP) is -0.502. The van der Waals surface area contributed by atoms with Gasteiger partial charge < -0.3 is 9.90 Å². The van der Waals surface area contributed by atoms with E-state index in [2.05, 4.69) is 0 Å². The van der Waals surface area contributed by atoms with E-state index >= 15 is 0 Å². The maximum atomic E-state index is 9.87. The zero-order valence-corrected chi connectivity index (χ0v) is 5.87. The van der Waals surface area contributed by atoms with Gasteiger partial charge in [0.1, 0.15) is 6.29 Å². The molecule has 0 amide bonds. The number of aldehydes is 1. The van der Waals surface area contributed by atoms with E-state index in [-0.39, 0.29) is 6.10 Å². The van der Waals surface area contributed by atoms with Crippen LogP contribution in [0, 0.1) is 0 Å². The molecule has 1 N–H and O–H groups in total. The van der Waals surface area contributed by atoms with Crippen molar-refractivity contribution in [2.24, 2.45) is 0 Å². The Labute approximate surface area is 55.3 Å². The molecule has 0 aromatic carbocycles. The Morgan fingerprint density at radius 3 is 2.67 bits per heavy atom. The van der Waals surface area contributed by atoms with Crippen LogP contribution in [0.25, 0.3) is 0 Å². The molecule has 0 aromatic heterocycles. The molecule has 0 saturated heterocycles. The highest BCUT2D eigenvalue weighted by atomic mass is 16.3. The average molecular weight is 131 g/mol. The fourth-order valence-corrected chi connectivity index (χ4v) is 0.653. The second kappa shape index (κ2) is 4.47. The van der Waals surface area contributed by atoms with Crippen LogP contribution in [0.1, 0.15) is 6.92 Å². The van der Waals surface area contributed by atoms with Crippen molar-refractivity contribution in [2.45, 2.75) is 13.0 Å². The molecule has 0 aliphatic carbocycles. The van der Waals surface area contributed by atoms with E-state index in [4.69, 9.17) is 5.11 Å². The van der Waals surface area contributed by atoms with E-state index < -0.39 is 0 Å². The van der Waals surface area contributed by atoms with Crippen LogP contribution in [0.3, 0.4) is 0 Å².